The lowest BCUT2D eigenvalue weighted by molar-refractivity contribution is -0.194. The highest BCUT2D eigenvalue weighted by atomic mass is 16.6. The van der Waals surface area contributed by atoms with E-state index in [0.29, 0.717) is 0 Å². The molecule has 4 atom stereocenters. The first-order valence-corrected chi connectivity index (χ1v) is 12.5. The Morgan fingerprint density at radius 2 is 1.50 bits per heavy atom. The molecule has 0 radical (unpaired) electrons. The van der Waals surface area contributed by atoms with E-state index in [1.807, 2.05) is 24.3 Å². The third-order valence-electron chi connectivity index (χ3n) is 5.56. The molecule has 0 bridgehead atoms. The standard InChI is InChI=1S/C28H35NO9/c1-6-21(35-25(34)15-14-18-16-29-20-13-11-10-12-19(18)20)27(37-23(32)8-3)28(38-24(33)9-4)26(17(5)30)36-22(31)7-2/h6,10-17,26-30H,7-9H2,1-5H3/b15-14+,21-6-/t17-,26-,27-,28+/m0/s1. The molecule has 38 heavy (non-hydrogen) atoms. The van der Waals surface area contributed by atoms with Crippen LogP contribution in [0.3, 0.4) is 0 Å². The van der Waals surface area contributed by atoms with Crippen LogP contribution in [0.1, 0.15) is 59.4 Å². The van der Waals surface area contributed by atoms with Gasteiger partial charge in [0.1, 0.15) is 5.76 Å². The number of aromatic nitrogens is 1. The molecule has 2 aromatic rings. The van der Waals surface area contributed by atoms with Gasteiger partial charge in [0.15, 0.2) is 18.3 Å². The fourth-order valence-corrected chi connectivity index (χ4v) is 3.54. The van der Waals surface area contributed by atoms with E-state index >= 15 is 0 Å². The van der Waals surface area contributed by atoms with Gasteiger partial charge in [-0.05, 0) is 32.1 Å². The maximum absolute atomic E-state index is 12.8. The maximum atomic E-state index is 12.8. The average molecular weight is 530 g/mol. The summed E-state index contributed by atoms with van der Waals surface area (Å²) < 4.78 is 21.9. The number of rotatable bonds is 13. The van der Waals surface area contributed by atoms with Gasteiger partial charge in [0, 0.05) is 48.0 Å². The van der Waals surface area contributed by atoms with Crippen molar-refractivity contribution in [2.24, 2.45) is 0 Å². The number of esters is 4. The molecular formula is C28H35NO9. The monoisotopic (exact) mass is 529 g/mol. The fraction of sp³-hybridized carbons (Fsp3) is 0.429. The van der Waals surface area contributed by atoms with Gasteiger partial charge in [0.05, 0.1) is 6.10 Å². The Balaban J connectivity index is 2.41. The molecule has 0 saturated carbocycles. The van der Waals surface area contributed by atoms with Gasteiger partial charge in [-0.15, -0.1) is 0 Å². The summed E-state index contributed by atoms with van der Waals surface area (Å²) in [6.45, 7) is 7.54. The Hall–Kier alpha value is -3.92. The molecule has 0 fully saturated rings. The summed E-state index contributed by atoms with van der Waals surface area (Å²) >= 11 is 0. The van der Waals surface area contributed by atoms with E-state index in [-0.39, 0.29) is 25.0 Å². The fourth-order valence-electron chi connectivity index (χ4n) is 3.54. The molecule has 206 valence electrons. The molecule has 10 heteroatoms. The molecule has 0 unspecified atom stereocenters. The third-order valence-corrected chi connectivity index (χ3v) is 5.56. The van der Waals surface area contributed by atoms with Gasteiger partial charge in [-0.25, -0.2) is 4.79 Å². The Morgan fingerprint density at radius 3 is 2.08 bits per heavy atom. The molecule has 2 N–H and O–H groups in total. The summed E-state index contributed by atoms with van der Waals surface area (Å²) in [4.78, 5) is 52.7. The number of carbonyl (C=O) groups is 4. The van der Waals surface area contributed by atoms with E-state index < -0.39 is 48.3 Å². The quantitative estimate of drug-likeness (QED) is 0.171. The molecular weight excluding hydrogens is 494 g/mol. The first-order chi connectivity index (χ1) is 18.1. The lowest BCUT2D eigenvalue weighted by atomic mass is 10.0. The van der Waals surface area contributed by atoms with Crippen molar-refractivity contribution in [3.8, 4) is 0 Å². The molecule has 0 aliphatic carbocycles. The van der Waals surface area contributed by atoms with Gasteiger partial charge < -0.3 is 29.0 Å². The van der Waals surface area contributed by atoms with E-state index in [0.717, 1.165) is 16.5 Å². The molecule has 10 nitrogen and oxygen atoms in total. The lowest BCUT2D eigenvalue weighted by Crippen LogP contribution is -2.51. The topological polar surface area (TPSA) is 141 Å². The summed E-state index contributed by atoms with van der Waals surface area (Å²) in [7, 11) is 0. The highest BCUT2D eigenvalue weighted by Crippen LogP contribution is 2.25. The number of para-hydroxylation sites is 1. The first kappa shape index (κ1) is 30.3. The second kappa shape index (κ2) is 14.7. The zero-order valence-electron chi connectivity index (χ0n) is 22.3. The minimum absolute atomic E-state index is 0.0127. The van der Waals surface area contributed by atoms with E-state index in [1.54, 1.807) is 33.0 Å². The molecule has 2 rings (SSSR count). The van der Waals surface area contributed by atoms with Crippen LogP contribution in [0.25, 0.3) is 17.0 Å². The van der Waals surface area contributed by atoms with Crippen LogP contribution >= 0.6 is 0 Å². The number of ether oxygens (including phenoxy) is 4. The number of fused-ring (bicyclic) bond motifs is 1. The van der Waals surface area contributed by atoms with Crippen molar-refractivity contribution >= 4 is 40.9 Å². The van der Waals surface area contributed by atoms with Gasteiger partial charge in [0.2, 0.25) is 0 Å². The van der Waals surface area contributed by atoms with Gasteiger partial charge >= 0.3 is 23.9 Å². The number of aromatic amines is 1. The van der Waals surface area contributed by atoms with Gasteiger partial charge in [-0.3, -0.25) is 14.4 Å². The summed E-state index contributed by atoms with van der Waals surface area (Å²) in [5.41, 5.74) is 1.65. The molecule has 0 saturated heterocycles. The van der Waals surface area contributed by atoms with Crippen LogP contribution in [0.2, 0.25) is 0 Å². The molecule has 0 aliphatic rings. The van der Waals surface area contributed by atoms with Crippen LogP contribution in [0.15, 0.2) is 48.4 Å². The number of allylic oxidation sites excluding steroid dienone is 1. The van der Waals surface area contributed by atoms with E-state index in [1.165, 1.54) is 26.0 Å². The Bertz CT molecular complexity index is 1180. The number of benzene rings is 1. The Labute approximate surface area is 221 Å². The average Bonchev–Trinajstić information content (AvgIpc) is 3.33. The molecule has 0 aliphatic heterocycles. The van der Waals surface area contributed by atoms with Crippen LogP contribution in [0.4, 0.5) is 0 Å². The summed E-state index contributed by atoms with van der Waals surface area (Å²) in [6.07, 6.45) is 0.0734. The number of hydrogen-bond donors (Lipinski definition) is 2. The molecule has 1 heterocycles. The number of hydrogen-bond acceptors (Lipinski definition) is 9. The minimum Gasteiger partial charge on any atom is -0.455 e. The largest absolute Gasteiger partial charge is 0.455 e. The predicted molar refractivity (Wildman–Crippen MR) is 139 cm³/mol. The lowest BCUT2D eigenvalue weighted by Gasteiger charge is -2.34. The predicted octanol–water partition coefficient (Wildman–Crippen LogP) is 3.97. The SMILES string of the molecule is C/C=C(\OC(=O)/C=C/c1c[nH]c2ccccc12)[C@H](OC(=O)CC)[C@H](OC(=O)CC)[C@@H](OC(=O)CC)[C@H](C)O. The summed E-state index contributed by atoms with van der Waals surface area (Å²) in [5.74, 6) is -3.02. The zero-order chi connectivity index (χ0) is 28.2. The third kappa shape index (κ3) is 8.31. The van der Waals surface area contributed by atoms with Crippen LogP contribution in [-0.2, 0) is 38.1 Å². The van der Waals surface area contributed by atoms with E-state index in [4.69, 9.17) is 18.9 Å². The van der Waals surface area contributed by atoms with Crippen molar-refractivity contribution in [2.75, 3.05) is 0 Å². The van der Waals surface area contributed by atoms with Gasteiger partial charge in [-0.2, -0.15) is 0 Å². The summed E-state index contributed by atoms with van der Waals surface area (Å²) in [5, 5.41) is 11.3. The number of H-pyrrole nitrogens is 1. The molecule has 0 spiro atoms. The second-order valence-corrected chi connectivity index (χ2v) is 8.36. The highest BCUT2D eigenvalue weighted by Gasteiger charge is 2.43. The summed E-state index contributed by atoms with van der Waals surface area (Å²) in [6, 6.07) is 7.56. The Morgan fingerprint density at radius 1 is 0.921 bits per heavy atom. The first-order valence-electron chi connectivity index (χ1n) is 12.5. The molecule has 1 aromatic carbocycles. The van der Waals surface area contributed by atoms with E-state index in [2.05, 4.69) is 4.98 Å². The van der Waals surface area contributed by atoms with Crippen molar-refractivity contribution in [1.82, 2.24) is 4.98 Å². The van der Waals surface area contributed by atoms with Gasteiger partial charge in [-0.1, -0.05) is 39.0 Å². The van der Waals surface area contributed by atoms with Crippen molar-refractivity contribution in [1.29, 1.82) is 0 Å². The number of nitrogens with one attached hydrogen (secondary N) is 1. The number of aliphatic hydroxyl groups excluding tert-OH is 1. The molecule has 1 aromatic heterocycles. The smallest absolute Gasteiger partial charge is 0.335 e. The van der Waals surface area contributed by atoms with Gasteiger partial charge in [0.25, 0.3) is 0 Å². The normalized spacial score (nSPS) is 14.9. The van der Waals surface area contributed by atoms with Crippen LogP contribution in [0.5, 0.6) is 0 Å². The van der Waals surface area contributed by atoms with Crippen LogP contribution in [0, 0.1) is 0 Å². The maximum Gasteiger partial charge on any atom is 0.335 e. The highest BCUT2D eigenvalue weighted by molar-refractivity contribution is 5.94. The number of aliphatic hydroxyl groups is 1. The minimum atomic E-state index is -1.50. The van der Waals surface area contributed by atoms with Crippen molar-refractivity contribution in [2.45, 2.75) is 78.3 Å². The molecule has 0 amide bonds. The van der Waals surface area contributed by atoms with Crippen LogP contribution in [-0.4, -0.2) is 58.4 Å². The number of carbonyl (C=O) groups excluding carboxylic acids is 4. The van der Waals surface area contributed by atoms with Crippen LogP contribution < -0.4 is 0 Å². The zero-order valence-corrected chi connectivity index (χ0v) is 22.3. The van der Waals surface area contributed by atoms with E-state index in [9.17, 15) is 24.3 Å². The second-order valence-electron chi connectivity index (χ2n) is 8.36. The van der Waals surface area contributed by atoms with Crippen molar-refractivity contribution < 1.29 is 43.2 Å². The Kier molecular flexibility index (Phi) is 11.7. The van der Waals surface area contributed by atoms with Crippen molar-refractivity contribution in [3.05, 3.63) is 53.9 Å². The van der Waals surface area contributed by atoms with Crippen molar-refractivity contribution in [3.63, 3.8) is 0 Å².